The summed E-state index contributed by atoms with van der Waals surface area (Å²) in [6.45, 7) is 1.64. The van der Waals surface area contributed by atoms with Crippen LogP contribution >= 0.6 is 22.9 Å². The largest absolute Gasteiger partial charge is 0.495 e. The first kappa shape index (κ1) is 25.4. The molecule has 1 aromatic heterocycles. The Hall–Kier alpha value is -2.73. The first-order valence-corrected chi connectivity index (χ1v) is 13.4. The van der Waals surface area contributed by atoms with Crippen molar-refractivity contribution in [3.8, 4) is 34.3 Å². The topological polar surface area (TPSA) is 90.4 Å². The van der Waals surface area contributed by atoms with E-state index in [1.807, 2.05) is 17.5 Å². The standard InChI is InChI=1S/C23H26ClN3O6S2/c1-30-18-6-5-16(24)13-21(18)35(28,29)27-9-7-26(8-10-27)23-25-17(14-34-23)15-11-19(31-2)22(33-4)20(12-15)32-3/h5-6,11-14H,7-10H2,1-4H3. The summed E-state index contributed by atoms with van der Waals surface area (Å²) in [6.07, 6.45) is 0. The van der Waals surface area contributed by atoms with Gasteiger partial charge >= 0.3 is 0 Å². The smallest absolute Gasteiger partial charge is 0.246 e. The van der Waals surface area contributed by atoms with E-state index in [-0.39, 0.29) is 10.6 Å². The van der Waals surface area contributed by atoms with Crippen molar-refractivity contribution in [1.29, 1.82) is 0 Å². The van der Waals surface area contributed by atoms with E-state index in [1.54, 1.807) is 33.5 Å². The van der Waals surface area contributed by atoms with Crippen LogP contribution in [0, 0.1) is 0 Å². The fraction of sp³-hybridized carbons (Fsp3) is 0.348. The number of nitrogens with zero attached hydrogens (tertiary/aromatic N) is 3. The minimum absolute atomic E-state index is 0.0693. The maximum Gasteiger partial charge on any atom is 0.246 e. The molecule has 0 bridgehead atoms. The van der Waals surface area contributed by atoms with Gasteiger partial charge in [0.25, 0.3) is 0 Å². The van der Waals surface area contributed by atoms with Crippen molar-refractivity contribution in [2.75, 3.05) is 59.5 Å². The summed E-state index contributed by atoms with van der Waals surface area (Å²) >= 11 is 7.55. The molecular formula is C23H26ClN3O6S2. The van der Waals surface area contributed by atoms with E-state index < -0.39 is 10.0 Å². The van der Waals surface area contributed by atoms with Gasteiger partial charge in [-0.05, 0) is 30.3 Å². The Labute approximate surface area is 213 Å². The number of methoxy groups -OCH3 is 4. The Morgan fingerprint density at radius 2 is 1.51 bits per heavy atom. The highest BCUT2D eigenvalue weighted by molar-refractivity contribution is 7.89. The molecular weight excluding hydrogens is 514 g/mol. The van der Waals surface area contributed by atoms with Gasteiger partial charge < -0.3 is 23.8 Å². The predicted molar refractivity (Wildman–Crippen MR) is 136 cm³/mol. The van der Waals surface area contributed by atoms with Crippen LogP contribution in [0.3, 0.4) is 0 Å². The summed E-state index contributed by atoms with van der Waals surface area (Å²) in [5, 5.41) is 3.10. The summed E-state index contributed by atoms with van der Waals surface area (Å²) in [4.78, 5) is 6.93. The zero-order valence-electron chi connectivity index (χ0n) is 19.8. The number of ether oxygens (including phenoxy) is 4. The number of hydrogen-bond acceptors (Lipinski definition) is 9. The first-order chi connectivity index (χ1) is 16.8. The van der Waals surface area contributed by atoms with Crippen LogP contribution in [0.25, 0.3) is 11.3 Å². The van der Waals surface area contributed by atoms with E-state index in [0.717, 1.165) is 16.4 Å². The molecule has 4 rings (SSSR count). The average Bonchev–Trinajstić information content (AvgIpc) is 3.38. The summed E-state index contributed by atoms with van der Waals surface area (Å²) in [5.74, 6) is 1.88. The van der Waals surface area contributed by atoms with Gasteiger partial charge in [-0.2, -0.15) is 4.31 Å². The van der Waals surface area contributed by atoms with Gasteiger partial charge in [-0.15, -0.1) is 11.3 Å². The molecule has 0 radical (unpaired) electrons. The Kier molecular flexibility index (Phi) is 7.60. The van der Waals surface area contributed by atoms with Crippen molar-refractivity contribution in [2.45, 2.75) is 4.90 Å². The van der Waals surface area contributed by atoms with Crippen LogP contribution in [0.4, 0.5) is 5.13 Å². The number of hydrogen-bond donors (Lipinski definition) is 0. The molecule has 35 heavy (non-hydrogen) atoms. The van der Waals surface area contributed by atoms with Crippen LogP contribution in [-0.4, -0.2) is 72.3 Å². The molecule has 0 aliphatic carbocycles. The fourth-order valence-electron chi connectivity index (χ4n) is 3.88. The van der Waals surface area contributed by atoms with E-state index in [9.17, 15) is 8.42 Å². The molecule has 0 amide bonds. The highest BCUT2D eigenvalue weighted by atomic mass is 35.5. The molecule has 1 saturated heterocycles. The number of sulfonamides is 1. The summed E-state index contributed by atoms with van der Waals surface area (Å²) in [6, 6.07) is 8.29. The number of rotatable bonds is 8. The summed E-state index contributed by atoms with van der Waals surface area (Å²) < 4.78 is 49.5. The van der Waals surface area contributed by atoms with Gasteiger partial charge in [0.05, 0.1) is 34.1 Å². The normalized spacial score (nSPS) is 14.6. The molecule has 1 aliphatic rings. The third kappa shape index (κ3) is 4.99. The van der Waals surface area contributed by atoms with Gasteiger partial charge in [0.15, 0.2) is 16.6 Å². The van der Waals surface area contributed by atoms with Gasteiger partial charge in [0.2, 0.25) is 15.8 Å². The highest BCUT2D eigenvalue weighted by Crippen LogP contribution is 2.42. The minimum Gasteiger partial charge on any atom is -0.495 e. The van der Waals surface area contributed by atoms with Crippen molar-refractivity contribution in [1.82, 2.24) is 9.29 Å². The van der Waals surface area contributed by atoms with Crippen LogP contribution in [0.15, 0.2) is 40.6 Å². The predicted octanol–water partition coefficient (Wildman–Crippen LogP) is 4.01. The minimum atomic E-state index is -3.75. The second-order valence-corrected chi connectivity index (χ2v) is 10.8. The average molecular weight is 540 g/mol. The van der Waals surface area contributed by atoms with Gasteiger partial charge in [-0.25, -0.2) is 13.4 Å². The second kappa shape index (κ2) is 10.5. The lowest BCUT2D eigenvalue weighted by Gasteiger charge is -2.34. The fourth-order valence-corrected chi connectivity index (χ4v) is 6.61. The molecule has 2 aromatic carbocycles. The molecule has 1 fully saturated rings. The van der Waals surface area contributed by atoms with Crippen LogP contribution < -0.4 is 23.8 Å². The molecule has 2 heterocycles. The Morgan fingerprint density at radius 1 is 0.886 bits per heavy atom. The maximum atomic E-state index is 13.2. The van der Waals surface area contributed by atoms with Gasteiger partial charge in [-0.1, -0.05) is 11.6 Å². The molecule has 0 spiro atoms. The van der Waals surface area contributed by atoms with E-state index >= 15 is 0 Å². The van der Waals surface area contributed by atoms with Crippen molar-refractivity contribution < 1.29 is 27.4 Å². The van der Waals surface area contributed by atoms with E-state index in [1.165, 1.54) is 28.8 Å². The molecule has 188 valence electrons. The highest BCUT2D eigenvalue weighted by Gasteiger charge is 2.32. The molecule has 0 atom stereocenters. The zero-order valence-corrected chi connectivity index (χ0v) is 22.2. The lowest BCUT2D eigenvalue weighted by molar-refractivity contribution is 0.324. The number of piperazine rings is 1. The molecule has 0 N–H and O–H groups in total. The third-order valence-electron chi connectivity index (χ3n) is 5.71. The Balaban J connectivity index is 1.51. The van der Waals surface area contributed by atoms with Gasteiger partial charge in [0.1, 0.15) is 10.6 Å². The first-order valence-electron chi connectivity index (χ1n) is 10.7. The molecule has 3 aromatic rings. The molecule has 9 nitrogen and oxygen atoms in total. The number of aromatic nitrogens is 1. The molecule has 12 heteroatoms. The molecule has 0 unspecified atom stereocenters. The number of benzene rings is 2. The number of anilines is 1. The van der Waals surface area contributed by atoms with E-state index in [4.69, 9.17) is 35.5 Å². The number of thiazole rings is 1. The Bertz CT molecular complexity index is 1280. The lowest BCUT2D eigenvalue weighted by Crippen LogP contribution is -2.48. The monoisotopic (exact) mass is 539 g/mol. The third-order valence-corrected chi connectivity index (χ3v) is 8.76. The van der Waals surface area contributed by atoms with Gasteiger partial charge in [0, 0.05) is 42.1 Å². The summed E-state index contributed by atoms with van der Waals surface area (Å²) in [7, 11) is 2.38. The van der Waals surface area contributed by atoms with Crippen molar-refractivity contribution in [3.05, 3.63) is 40.7 Å². The number of halogens is 1. The van der Waals surface area contributed by atoms with Crippen molar-refractivity contribution >= 4 is 38.1 Å². The zero-order chi connectivity index (χ0) is 25.2. The molecule has 0 saturated carbocycles. The van der Waals surface area contributed by atoms with Gasteiger partial charge in [-0.3, -0.25) is 0 Å². The SMILES string of the molecule is COc1ccc(Cl)cc1S(=O)(=O)N1CCN(c2nc(-c3cc(OC)c(OC)c(OC)c3)cs2)CC1. The quantitative estimate of drug-likeness (QED) is 0.424. The maximum absolute atomic E-state index is 13.2. The van der Waals surface area contributed by atoms with E-state index in [0.29, 0.717) is 48.5 Å². The Morgan fingerprint density at radius 3 is 2.09 bits per heavy atom. The van der Waals surface area contributed by atoms with Crippen LogP contribution in [-0.2, 0) is 10.0 Å². The second-order valence-electron chi connectivity index (χ2n) is 7.62. The summed E-state index contributed by atoms with van der Waals surface area (Å²) in [5.41, 5.74) is 1.60. The van der Waals surface area contributed by atoms with E-state index in [2.05, 4.69) is 4.90 Å². The van der Waals surface area contributed by atoms with Crippen LogP contribution in [0.2, 0.25) is 5.02 Å². The van der Waals surface area contributed by atoms with Crippen LogP contribution in [0.5, 0.6) is 23.0 Å². The van der Waals surface area contributed by atoms with Crippen molar-refractivity contribution in [2.24, 2.45) is 0 Å². The van der Waals surface area contributed by atoms with Crippen LogP contribution in [0.1, 0.15) is 0 Å². The molecule has 1 aliphatic heterocycles. The van der Waals surface area contributed by atoms with Crippen molar-refractivity contribution in [3.63, 3.8) is 0 Å². The lowest BCUT2D eigenvalue weighted by atomic mass is 10.1.